The van der Waals surface area contributed by atoms with Gasteiger partial charge in [0.1, 0.15) is 18.0 Å². The van der Waals surface area contributed by atoms with E-state index in [-0.39, 0.29) is 12.3 Å². The smallest absolute Gasteiger partial charge is 0.204 e. The molecule has 25 heavy (non-hydrogen) atoms. The molecule has 0 saturated heterocycles. The molecule has 0 aliphatic rings. The van der Waals surface area contributed by atoms with Gasteiger partial charge in [-0.15, -0.1) is 10.2 Å². The molecule has 128 valence electrons. The summed E-state index contributed by atoms with van der Waals surface area (Å²) in [7, 11) is 1.58. The summed E-state index contributed by atoms with van der Waals surface area (Å²) in [5.74, 6) is 1.85. The van der Waals surface area contributed by atoms with Gasteiger partial charge in [-0.05, 0) is 60.7 Å². The molecule has 0 spiro atoms. The zero-order valence-corrected chi connectivity index (χ0v) is 14.0. The third-order valence-electron chi connectivity index (χ3n) is 3.57. The van der Waals surface area contributed by atoms with Gasteiger partial charge in [0, 0.05) is 11.1 Å². The molecule has 0 saturated carbocycles. The van der Waals surface area contributed by atoms with E-state index in [1.165, 1.54) is 4.80 Å². The highest BCUT2D eigenvalue weighted by atomic mass is 16.5. The normalized spacial score (nSPS) is 10.5. The lowest BCUT2D eigenvalue weighted by Crippen LogP contribution is -2.13. The van der Waals surface area contributed by atoms with Crippen LogP contribution in [0.1, 0.15) is 17.3 Å². The summed E-state index contributed by atoms with van der Waals surface area (Å²) >= 11 is 0. The quantitative estimate of drug-likeness (QED) is 0.616. The fourth-order valence-corrected chi connectivity index (χ4v) is 2.29. The van der Waals surface area contributed by atoms with Gasteiger partial charge in [-0.3, -0.25) is 4.79 Å². The number of hydrogen-bond acceptors (Lipinski definition) is 6. The van der Waals surface area contributed by atoms with Crippen LogP contribution in [0, 0.1) is 0 Å². The first-order valence-corrected chi connectivity index (χ1v) is 7.88. The zero-order valence-electron chi connectivity index (χ0n) is 14.0. The standard InChI is InChI=1S/C18H18N4O3/c1-3-25-16-10-6-14(7-11-16)18-19-21-22(20-18)12-17(23)13-4-8-15(24-2)9-5-13/h4-11H,3,12H2,1-2H3. The van der Waals surface area contributed by atoms with Gasteiger partial charge in [-0.2, -0.15) is 4.80 Å². The lowest BCUT2D eigenvalue weighted by atomic mass is 10.1. The molecule has 0 N–H and O–H groups in total. The van der Waals surface area contributed by atoms with Gasteiger partial charge in [0.25, 0.3) is 0 Å². The maximum absolute atomic E-state index is 12.3. The topological polar surface area (TPSA) is 79.1 Å². The highest BCUT2D eigenvalue weighted by Gasteiger charge is 2.11. The first-order chi connectivity index (χ1) is 12.2. The van der Waals surface area contributed by atoms with Crippen molar-refractivity contribution in [2.45, 2.75) is 13.5 Å². The average molecular weight is 338 g/mol. The van der Waals surface area contributed by atoms with Crippen LogP contribution in [-0.4, -0.2) is 39.7 Å². The summed E-state index contributed by atoms with van der Waals surface area (Å²) in [6, 6.07) is 14.3. The molecular formula is C18H18N4O3. The van der Waals surface area contributed by atoms with E-state index in [4.69, 9.17) is 9.47 Å². The Bertz CT molecular complexity index is 842. The van der Waals surface area contributed by atoms with Crippen molar-refractivity contribution in [3.05, 3.63) is 54.1 Å². The van der Waals surface area contributed by atoms with E-state index in [2.05, 4.69) is 15.4 Å². The predicted molar refractivity (Wildman–Crippen MR) is 91.7 cm³/mol. The third kappa shape index (κ3) is 4.00. The van der Waals surface area contributed by atoms with Gasteiger partial charge >= 0.3 is 0 Å². The lowest BCUT2D eigenvalue weighted by molar-refractivity contribution is 0.0961. The van der Waals surface area contributed by atoms with Gasteiger partial charge in [-0.1, -0.05) is 0 Å². The van der Waals surface area contributed by atoms with Gasteiger partial charge < -0.3 is 9.47 Å². The van der Waals surface area contributed by atoms with Crippen LogP contribution >= 0.6 is 0 Å². The number of rotatable bonds is 7. The van der Waals surface area contributed by atoms with E-state index in [0.717, 1.165) is 11.3 Å². The molecule has 0 unspecified atom stereocenters. The summed E-state index contributed by atoms with van der Waals surface area (Å²) in [6.07, 6.45) is 0. The van der Waals surface area contributed by atoms with Crippen LogP contribution in [0.2, 0.25) is 0 Å². The monoisotopic (exact) mass is 338 g/mol. The number of nitrogens with zero attached hydrogens (tertiary/aromatic N) is 4. The first-order valence-electron chi connectivity index (χ1n) is 7.88. The Morgan fingerprint density at radius 2 is 1.72 bits per heavy atom. The summed E-state index contributed by atoms with van der Waals surface area (Å²) in [5, 5.41) is 12.2. The number of hydrogen-bond donors (Lipinski definition) is 0. The summed E-state index contributed by atoms with van der Waals surface area (Å²) in [4.78, 5) is 13.6. The summed E-state index contributed by atoms with van der Waals surface area (Å²) < 4.78 is 10.5. The van der Waals surface area contributed by atoms with E-state index >= 15 is 0 Å². The maximum atomic E-state index is 12.3. The van der Waals surface area contributed by atoms with Gasteiger partial charge in [0.05, 0.1) is 13.7 Å². The number of aromatic nitrogens is 4. The number of tetrazole rings is 1. The predicted octanol–water partition coefficient (Wildman–Crippen LogP) is 2.63. The molecule has 3 rings (SSSR count). The van der Waals surface area contributed by atoms with Crippen LogP contribution in [0.25, 0.3) is 11.4 Å². The first kappa shape index (κ1) is 16.6. The molecule has 2 aromatic carbocycles. The minimum Gasteiger partial charge on any atom is -0.497 e. The van der Waals surface area contributed by atoms with Crippen LogP contribution < -0.4 is 9.47 Å². The number of carbonyl (C=O) groups is 1. The molecule has 0 bridgehead atoms. The molecule has 7 heteroatoms. The third-order valence-corrected chi connectivity index (χ3v) is 3.57. The van der Waals surface area contributed by atoms with Gasteiger partial charge in [-0.25, -0.2) is 0 Å². The van der Waals surface area contributed by atoms with Gasteiger partial charge in [0.15, 0.2) is 5.78 Å². The van der Waals surface area contributed by atoms with Crippen molar-refractivity contribution in [3.8, 4) is 22.9 Å². The summed E-state index contributed by atoms with van der Waals surface area (Å²) in [5.41, 5.74) is 1.38. The SMILES string of the molecule is CCOc1ccc(-c2nnn(CC(=O)c3ccc(OC)cc3)n2)cc1. The lowest BCUT2D eigenvalue weighted by Gasteiger charge is -2.03. The van der Waals surface area contributed by atoms with Crippen molar-refractivity contribution >= 4 is 5.78 Å². The van der Waals surface area contributed by atoms with Crippen LogP contribution in [0.3, 0.4) is 0 Å². The van der Waals surface area contributed by atoms with Crippen molar-refractivity contribution in [2.24, 2.45) is 0 Å². The number of benzene rings is 2. The number of ether oxygens (including phenoxy) is 2. The zero-order chi connectivity index (χ0) is 17.6. The minimum absolute atomic E-state index is 0.0242. The van der Waals surface area contributed by atoms with Crippen LogP contribution in [0.15, 0.2) is 48.5 Å². The highest BCUT2D eigenvalue weighted by Crippen LogP contribution is 2.18. The van der Waals surface area contributed by atoms with Crippen molar-refractivity contribution in [2.75, 3.05) is 13.7 Å². The van der Waals surface area contributed by atoms with Crippen molar-refractivity contribution in [1.29, 1.82) is 0 Å². The minimum atomic E-state index is -0.0988. The molecule has 0 atom stereocenters. The molecule has 1 aromatic heterocycles. The molecule has 1 heterocycles. The second-order valence-electron chi connectivity index (χ2n) is 5.25. The average Bonchev–Trinajstić information content (AvgIpc) is 3.11. The molecule has 0 amide bonds. The maximum Gasteiger partial charge on any atom is 0.204 e. The number of ketones is 1. The second kappa shape index (κ2) is 7.57. The Morgan fingerprint density at radius 3 is 2.36 bits per heavy atom. The van der Waals surface area contributed by atoms with Gasteiger partial charge in [0.2, 0.25) is 5.82 Å². The van der Waals surface area contributed by atoms with Crippen LogP contribution in [0.5, 0.6) is 11.5 Å². The fraction of sp³-hybridized carbons (Fsp3) is 0.222. The number of carbonyl (C=O) groups excluding carboxylic acids is 1. The van der Waals surface area contributed by atoms with E-state index < -0.39 is 0 Å². The Morgan fingerprint density at radius 1 is 1.04 bits per heavy atom. The molecular weight excluding hydrogens is 320 g/mol. The number of methoxy groups -OCH3 is 1. The Labute approximate surface area is 145 Å². The summed E-state index contributed by atoms with van der Waals surface area (Å²) in [6.45, 7) is 2.57. The Hall–Kier alpha value is -3.22. The van der Waals surface area contributed by atoms with E-state index in [1.807, 2.05) is 31.2 Å². The molecule has 0 aliphatic carbocycles. The van der Waals surface area contributed by atoms with Crippen LogP contribution in [0.4, 0.5) is 0 Å². The van der Waals surface area contributed by atoms with Crippen LogP contribution in [-0.2, 0) is 6.54 Å². The van der Waals surface area contributed by atoms with Crippen molar-refractivity contribution in [1.82, 2.24) is 20.2 Å². The van der Waals surface area contributed by atoms with E-state index in [0.29, 0.717) is 23.7 Å². The highest BCUT2D eigenvalue weighted by molar-refractivity contribution is 5.95. The largest absolute Gasteiger partial charge is 0.497 e. The Kier molecular flexibility index (Phi) is 5.03. The molecule has 0 aliphatic heterocycles. The fourth-order valence-electron chi connectivity index (χ4n) is 2.29. The Balaban J connectivity index is 1.69. The van der Waals surface area contributed by atoms with E-state index in [9.17, 15) is 4.79 Å². The van der Waals surface area contributed by atoms with Crippen molar-refractivity contribution in [3.63, 3.8) is 0 Å². The van der Waals surface area contributed by atoms with E-state index in [1.54, 1.807) is 31.4 Å². The molecule has 0 radical (unpaired) electrons. The molecule has 0 fully saturated rings. The molecule has 3 aromatic rings. The number of Topliss-reactive ketones (excluding diaryl/α,β-unsaturated/α-hetero) is 1. The second-order valence-corrected chi connectivity index (χ2v) is 5.25. The van der Waals surface area contributed by atoms with Crippen molar-refractivity contribution < 1.29 is 14.3 Å². The molecule has 7 nitrogen and oxygen atoms in total.